The van der Waals surface area contributed by atoms with Gasteiger partial charge in [-0.15, -0.1) is 0 Å². The summed E-state index contributed by atoms with van der Waals surface area (Å²) >= 11 is 7.14. The summed E-state index contributed by atoms with van der Waals surface area (Å²) in [5, 5.41) is 0.923. The van der Waals surface area contributed by atoms with Crippen LogP contribution < -0.4 is 0 Å². The summed E-state index contributed by atoms with van der Waals surface area (Å²) in [7, 11) is 0. The van der Waals surface area contributed by atoms with Crippen LogP contribution in [-0.2, 0) is 11.3 Å². The van der Waals surface area contributed by atoms with Crippen molar-refractivity contribution in [3.05, 3.63) is 29.0 Å². The number of amidine groups is 1. The van der Waals surface area contributed by atoms with Crippen molar-refractivity contribution in [1.82, 2.24) is 9.88 Å². The molecule has 21 heavy (non-hydrogen) atoms. The van der Waals surface area contributed by atoms with Crippen LogP contribution in [0.1, 0.15) is 12.0 Å². The molecule has 3 rings (SSSR count). The van der Waals surface area contributed by atoms with Gasteiger partial charge in [0, 0.05) is 31.5 Å². The largest absolute Gasteiger partial charge is 0.346 e. The van der Waals surface area contributed by atoms with Gasteiger partial charge in [-0.25, -0.2) is 13.8 Å². The van der Waals surface area contributed by atoms with E-state index in [9.17, 15) is 13.6 Å². The molecule has 0 N–H and O–H groups in total. The number of nitrogens with zero attached hydrogens (tertiary/aromatic N) is 3. The molecule has 4 nitrogen and oxygen atoms in total. The van der Waals surface area contributed by atoms with Gasteiger partial charge in [0.05, 0.1) is 0 Å². The zero-order chi connectivity index (χ0) is 15.0. The Hall–Kier alpha value is -1.21. The molecular weight excluding hydrogens is 320 g/mol. The van der Waals surface area contributed by atoms with Gasteiger partial charge in [0.15, 0.2) is 5.17 Å². The van der Waals surface area contributed by atoms with Crippen molar-refractivity contribution in [2.45, 2.75) is 18.9 Å². The highest BCUT2D eigenvalue weighted by molar-refractivity contribution is 8.14. The van der Waals surface area contributed by atoms with E-state index in [-0.39, 0.29) is 6.42 Å². The van der Waals surface area contributed by atoms with Crippen LogP contribution in [0.3, 0.4) is 0 Å². The van der Waals surface area contributed by atoms with Gasteiger partial charge in [-0.1, -0.05) is 29.4 Å². The van der Waals surface area contributed by atoms with E-state index in [2.05, 4.69) is 9.98 Å². The summed E-state index contributed by atoms with van der Waals surface area (Å²) in [4.78, 5) is 21.4. The molecule has 1 unspecified atom stereocenters. The van der Waals surface area contributed by atoms with Gasteiger partial charge in [0.2, 0.25) is 0 Å². The number of rotatable bonds is 3. The first-order valence-corrected chi connectivity index (χ1v) is 7.80. The fraction of sp³-hybridized carbons (Fsp3) is 0.462. The lowest BCUT2D eigenvalue weighted by Crippen LogP contribution is -2.25. The molecule has 2 heterocycles. The summed E-state index contributed by atoms with van der Waals surface area (Å²) in [5.74, 6) is -4.03. The number of pyridine rings is 1. The number of thioether (sulfide) groups is 1. The number of hydrogen-bond donors (Lipinski definition) is 0. The van der Waals surface area contributed by atoms with Crippen LogP contribution >= 0.6 is 23.4 Å². The molecule has 0 radical (unpaired) electrons. The molecule has 1 aromatic rings. The van der Waals surface area contributed by atoms with Crippen LogP contribution in [-0.4, -0.2) is 39.2 Å². The fourth-order valence-corrected chi connectivity index (χ4v) is 3.16. The van der Waals surface area contributed by atoms with Crippen LogP contribution in [0.2, 0.25) is 5.15 Å². The fourth-order valence-electron chi connectivity index (χ4n) is 2.06. The van der Waals surface area contributed by atoms with Crippen molar-refractivity contribution < 1.29 is 13.6 Å². The summed E-state index contributed by atoms with van der Waals surface area (Å²) in [6.07, 6.45) is 1.27. The Labute approximate surface area is 129 Å². The number of aliphatic imine (C=N–C) groups is 1. The molecule has 1 aliphatic heterocycles. The van der Waals surface area contributed by atoms with Gasteiger partial charge in [0.1, 0.15) is 11.1 Å². The molecule has 2 aliphatic rings. The van der Waals surface area contributed by atoms with Gasteiger partial charge in [-0.05, 0) is 11.6 Å². The molecule has 0 bridgehead atoms. The Kier molecular flexibility index (Phi) is 3.88. The Morgan fingerprint density at radius 3 is 2.95 bits per heavy atom. The predicted molar refractivity (Wildman–Crippen MR) is 77.6 cm³/mol. The van der Waals surface area contributed by atoms with Crippen LogP contribution in [0.25, 0.3) is 0 Å². The predicted octanol–water partition coefficient (Wildman–Crippen LogP) is 2.82. The Bertz CT molecular complexity index is 594. The molecule has 0 aromatic carbocycles. The second-order valence-electron chi connectivity index (χ2n) is 5.01. The van der Waals surface area contributed by atoms with Crippen molar-refractivity contribution >= 4 is 34.4 Å². The molecule has 1 saturated carbocycles. The van der Waals surface area contributed by atoms with E-state index in [0.29, 0.717) is 16.9 Å². The maximum Gasteiger partial charge on any atom is 0.260 e. The highest BCUT2D eigenvalue weighted by atomic mass is 35.5. The van der Waals surface area contributed by atoms with Gasteiger partial charge in [-0.3, -0.25) is 4.79 Å². The SMILES string of the molecule is O=C(N=C1SCCN1Cc1ccc(Cl)nc1)C1CC1(F)F. The van der Waals surface area contributed by atoms with Crippen LogP contribution in [0.4, 0.5) is 8.78 Å². The summed E-state index contributed by atoms with van der Waals surface area (Å²) < 4.78 is 25.7. The van der Waals surface area contributed by atoms with Gasteiger partial charge < -0.3 is 4.90 Å². The molecule has 1 atom stereocenters. The highest BCUT2D eigenvalue weighted by Gasteiger charge is 2.61. The van der Waals surface area contributed by atoms with Crippen molar-refractivity contribution in [2.24, 2.45) is 10.9 Å². The third-order valence-electron chi connectivity index (χ3n) is 3.35. The minimum Gasteiger partial charge on any atom is -0.346 e. The van der Waals surface area contributed by atoms with Gasteiger partial charge in [0.25, 0.3) is 11.8 Å². The quantitative estimate of drug-likeness (QED) is 0.799. The van der Waals surface area contributed by atoms with Crippen molar-refractivity contribution in [3.63, 3.8) is 0 Å². The molecule has 1 aromatic heterocycles. The maximum absolute atomic E-state index is 12.9. The standard InChI is InChI=1S/C13H12ClF2N3OS/c14-10-2-1-8(6-17-10)7-19-3-4-21-12(19)18-11(20)9-5-13(9,15)16/h1-2,6,9H,3-5,7H2. The van der Waals surface area contributed by atoms with E-state index < -0.39 is 17.7 Å². The van der Waals surface area contributed by atoms with Crippen LogP contribution in [0, 0.1) is 5.92 Å². The monoisotopic (exact) mass is 331 g/mol. The van der Waals surface area contributed by atoms with Crippen LogP contribution in [0.15, 0.2) is 23.3 Å². The zero-order valence-corrected chi connectivity index (χ0v) is 12.5. The number of hydrogen-bond acceptors (Lipinski definition) is 3. The topological polar surface area (TPSA) is 45.6 Å². The smallest absolute Gasteiger partial charge is 0.260 e. The minimum atomic E-state index is -2.87. The highest BCUT2D eigenvalue weighted by Crippen LogP contribution is 2.49. The van der Waals surface area contributed by atoms with Crippen molar-refractivity contribution in [3.8, 4) is 0 Å². The maximum atomic E-state index is 12.9. The summed E-state index contributed by atoms with van der Waals surface area (Å²) in [6.45, 7) is 1.25. The second-order valence-corrected chi connectivity index (χ2v) is 6.46. The van der Waals surface area contributed by atoms with Crippen molar-refractivity contribution in [2.75, 3.05) is 12.3 Å². The second kappa shape index (κ2) is 5.53. The van der Waals surface area contributed by atoms with Crippen molar-refractivity contribution in [1.29, 1.82) is 0 Å². The first-order chi connectivity index (χ1) is 9.95. The molecule has 1 aliphatic carbocycles. The normalized spacial score (nSPS) is 25.4. The van der Waals surface area contributed by atoms with E-state index >= 15 is 0 Å². The lowest BCUT2D eigenvalue weighted by Gasteiger charge is -2.17. The average Bonchev–Trinajstić information content (AvgIpc) is 2.87. The number of carbonyl (C=O) groups is 1. The molecule has 1 saturated heterocycles. The summed E-state index contributed by atoms with van der Waals surface area (Å²) in [6, 6.07) is 3.53. The van der Waals surface area contributed by atoms with E-state index in [1.165, 1.54) is 11.8 Å². The van der Waals surface area contributed by atoms with E-state index in [1.807, 2.05) is 11.0 Å². The Morgan fingerprint density at radius 2 is 2.33 bits per heavy atom. The molecular formula is C13H12ClF2N3OS. The molecule has 8 heteroatoms. The minimum absolute atomic E-state index is 0.381. The first kappa shape index (κ1) is 14.7. The zero-order valence-electron chi connectivity index (χ0n) is 10.9. The molecule has 0 spiro atoms. The van der Waals surface area contributed by atoms with E-state index in [0.717, 1.165) is 17.9 Å². The Balaban J connectivity index is 1.68. The van der Waals surface area contributed by atoms with E-state index in [4.69, 9.17) is 11.6 Å². The lowest BCUT2D eigenvalue weighted by atomic mass is 10.3. The molecule has 1 amide bonds. The third kappa shape index (κ3) is 3.35. The molecule has 2 fully saturated rings. The number of carbonyl (C=O) groups excluding carboxylic acids is 1. The third-order valence-corrected chi connectivity index (χ3v) is 4.57. The van der Waals surface area contributed by atoms with Crippen LogP contribution in [0.5, 0.6) is 0 Å². The van der Waals surface area contributed by atoms with E-state index in [1.54, 1.807) is 12.3 Å². The van der Waals surface area contributed by atoms with Gasteiger partial charge in [-0.2, -0.15) is 4.99 Å². The Morgan fingerprint density at radius 1 is 1.57 bits per heavy atom. The van der Waals surface area contributed by atoms with Gasteiger partial charge >= 0.3 is 0 Å². The number of amides is 1. The number of alkyl halides is 2. The first-order valence-electron chi connectivity index (χ1n) is 6.44. The molecule has 112 valence electrons. The average molecular weight is 332 g/mol. The summed E-state index contributed by atoms with van der Waals surface area (Å²) in [5.41, 5.74) is 0.929. The number of halogens is 3. The number of aromatic nitrogens is 1. The lowest BCUT2D eigenvalue weighted by molar-refractivity contribution is -0.121.